The van der Waals surface area contributed by atoms with Crippen molar-refractivity contribution in [3.63, 3.8) is 0 Å². The normalized spacial score (nSPS) is 8.47. The van der Waals surface area contributed by atoms with E-state index in [1.54, 1.807) is 0 Å². The number of esters is 2. The molecule has 6 nitrogen and oxygen atoms in total. The Bertz CT molecular complexity index is 273. The number of hydrogen-bond donors (Lipinski definition) is 0. The van der Waals surface area contributed by atoms with Gasteiger partial charge in [0.2, 0.25) is 0 Å². The predicted octanol–water partition coefficient (Wildman–Crippen LogP) is 0.496. The van der Waals surface area contributed by atoms with Crippen molar-refractivity contribution in [2.75, 3.05) is 20.1 Å². The highest BCUT2D eigenvalue weighted by Gasteiger charge is 2.06. The van der Waals surface area contributed by atoms with Gasteiger partial charge < -0.3 is 9.47 Å². The van der Waals surface area contributed by atoms with E-state index in [0.29, 0.717) is 0 Å². The molecule has 0 saturated heterocycles. The van der Waals surface area contributed by atoms with Crippen molar-refractivity contribution >= 4 is 35.1 Å². The minimum absolute atomic E-state index is 0.115. The Balaban J connectivity index is 0. The maximum absolute atomic E-state index is 10.3. The molecule has 0 radical (unpaired) electrons. The van der Waals surface area contributed by atoms with Crippen molar-refractivity contribution in [2.24, 2.45) is 0 Å². The van der Waals surface area contributed by atoms with Gasteiger partial charge in [-0.15, -0.1) is 11.6 Å². The van der Waals surface area contributed by atoms with Crippen molar-refractivity contribution in [3.05, 3.63) is 0 Å². The molecule has 17 heavy (non-hydrogen) atoms. The Morgan fingerprint density at radius 1 is 0.941 bits per heavy atom. The molecule has 0 heterocycles. The third-order valence-corrected chi connectivity index (χ3v) is 1.64. The Morgan fingerprint density at radius 2 is 1.35 bits per heavy atom. The second-order valence-electron chi connectivity index (χ2n) is 2.88. The molecule has 0 rings (SSSR count). The van der Waals surface area contributed by atoms with Crippen LogP contribution in [0.3, 0.4) is 0 Å². The second-order valence-corrected chi connectivity index (χ2v) is 3.15. The van der Waals surface area contributed by atoms with Crippen LogP contribution in [0, 0.1) is 0 Å². The Morgan fingerprint density at radius 3 is 1.59 bits per heavy atom. The Kier molecular flexibility index (Phi) is 11.7. The van der Waals surface area contributed by atoms with Crippen LogP contribution in [0.25, 0.3) is 0 Å². The second kappa shape index (κ2) is 11.1. The fourth-order valence-electron chi connectivity index (χ4n) is 0.556. The molecule has 0 unspecified atom stereocenters. The molecular weight excluding hydrogens is 252 g/mol. The minimum Gasteiger partial charge on any atom is -0.469 e. The number of carbonyl (C=O) groups is 4. The highest BCUT2D eigenvalue weighted by Crippen LogP contribution is 1.88. The van der Waals surface area contributed by atoms with Gasteiger partial charge in [-0.2, -0.15) is 0 Å². The van der Waals surface area contributed by atoms with E-state index in [1.807, 2.05) is 0 Å². The molecule has 0 amide bonds. The molecule has 7 heteroatoms. The summed E-state index contributed by atoms with van der Waals surface area (Å²) in [7, 11) is 2.48. The SMILES string of the molecule is COC(=O)CC(=O)CCl.COC(=O)CC(C)=O. The molecule has 0 aromatic heterocycles. The summed E-state index contributed by atoms with van der Waals surface area (Å²) in [6.45, 7) is 1.34. The van der Waals surface area contributed by atoms with Crippen LogP contribution in [0.1, 0.15) is 19.8 Å². The van der Waals surface area contributed by atoms with Gasteiger partial charge in [-0.05, 0) is 6.92 Å². The molecule has 0 aliphatic carbocycles. The molecule has 0 fully saturated rings. The molecule has 0 atom stereocenters. The lowest BCUT2D eigenvalue weighted by atomic mass is 10.3. The van der Waals surface area contributed by atoms with Crippen LogP contribution in [0.5, 0.6) is 0 Å². The van der Waals surface area contributed by atoms with Crippen molar-refractivity contribution in [1.29, 1.82) is 0 Å². The van der Waals surface area contributed by atoms with E-state index in [9.17, 15) is 19.2 Å². The van der Waals surface area contributed by atoms with Gasteiger partial charge in [0.25, 0.3) is 0 Å². The topological polar surface area (TPSA) is 86.7 Å². The van der Waals surface area contributed by atoms with E-state index in [1.165, 1.54) is 21.1 Å². The van der Waals surface area contributed by atoms with Gasteiger partial charge in [-0.25, -0.2) is 0 Å². The number of halogens is 1. The van der Waals surface area contributed by atoms with E-state index in [0.717, 1.165) is 0 Å². The molecule has 0 saturated carbocycles. The Hall–Kier alpha value is -1.43. The lowest BCUT2D eigenvalue weighted by Gasteiger charge is -1.93. The predicted molar refractivity (Wildman–Crippen MR) is 59.7 cm³/mol. The van der Waals surface area contributed by atoms with Crippen LogP contribution in [0.2, 0.25) is 0 Å². The van der Waals surface area contributed by atoms with Gasteiger partial charge in [-0.3, -0.25) is 19.2 Å². The summed E-state index contributed by atoms with van der Waals surface area (Å²) in [5.41, 5.74) is 0. The molecule has 0 spiro atoms. The van der Waals surface area contributed by atoms with Gasteiger partial charge >= 0.3 is 11.9 Å². The number of methoxy groups -OCH3 is 2. The summed E-state index contributed by atoms with van der Waals surface area (Å²) in [5.74, 6) is -1.63. The molecule has 0 aliphatic rings. The first-order valence-electron chi connectivity index (χ1n) is 4.58. The fourth-order valence-corrected chi connectivity index (χ4v) is 0.650. The summed E-state index contributed by atoms with van der Waals surface area (Å²) < 4.78 is 8.41. The fraction of sp³-hybridized carbons (Fsp3) is 0.600. The maximum Gasteiger partial charge on any atom is 0.313 e. The first-order chi connectivity index (χ1) is 7.87. The smallest absolute Gasteiger partial charge is 0.313 e. The van der Waals surface area contributed by atoms with Crippen LogP contribution in [-0.4, -0.2) is 43.6 Å². The van der Waals surface area contributed by atoms with Crippen LogP contribution in [0.4, 0.5) is 0 Å². The molecule has 0 aromatic rings. The van der Waals surface area contributed by atoms with Gasteiger partial charge in [0, 0.05) is 0 Å². The number of carbonyl (C=O) groups excluding carboxylic acids is 4. The highest BCUT2D eigenvalue weighted by molar-refractivity contribution is 6.28. The number of alkyl halides is 1. The molecular formula is C10H15ClO6. The zero-order valence-electron chi connectivity index (χ0n) is 9.95. The molecule has 0 bridgehead atoms. The number of rotatable bonds is 5. The van der Waals surface area contributed by atoms with Crippen molar-refractivity contribution in [1.82, 2.24) is 0 Å². The summed E-state index contributed by atoms with van der Waals surface area (Å²) in [4.78, 5) is 40.9. The third-order valence-electron chi connectivity index (χ3n) is 1.34. The van der Waals surface area contributed by atoms with Gasteiger partial charge in [0.05, 0.1) is 20.1 Å². The molecule has 0 N–H and O–H groups in total. The molecule has 0 aromatic carbocycles. The molecule has 0 aliphatic heterocycles. The van der Waals surface area contributed by atoms with Gasteiger partial charge in [0.1, 0.15) is 18.6 Å². The monoisotopic (exact) mass is 266 g/mol. The first kappa shape index (κ1) is 17.9. The van der Waals surface area contributed by atoms with Crippen LogP contribution < -0.4 is 0 Å². The van der Waals surface area contributed by atoms with Gasteiger partial charge in [0.15, 0.2) is 5.78 Å². The zero-order chi connectivity index (χ0) is 13.8. The summed E-state index contributed by atoms with van der Waals surface area (Å²) in [6.07, 6.45) is -0.337. The third kappa shape index (κ3) is 14.6. The van der Waals surface area contributed by atoms with Crippen molar-refractivity contribution in [3.8, 4) is 0 Å². The molecule has 98 valence electrons. The van der Waals surface area contributed by atoms with Crippen molar-refractivity contribution in [2.45, 2.75) is 19.8 Å². The van der Waals surface area contributed by atoms with Crippen LogP contribution in [0.15, 0.2) is 0 Å². The minimum atomic E-state index is -0.541. The average Bonchev–Trinajstić information content (AvgIpc) is 2.28. The van der Waals surface area contributed by atoms with Gasteiger partial charge in [-0.1, -0.05) is 0 Å². The van der Waals surface area contributed by atoms with E-state index in [4.69, 9.17) is 11.6 Å². The lowest BCUT2D eigenvalue weighted by Crippen LogP contribution is -2.09. The summed E-state index contributed by atoms with van der Waals surface area (Å²) in [5, 5.41) is 0. The van der Waals surface area contributed by atoms with Crippen LogP contribution in [-0.2, 0) is 28.7 Å². The van der Waals surface area contributed by atoms with E-state index in [-0.39, 0.29) is 30.3 Å². The number of hydrogen-bond acceptors (Lipinski definition) is 6. The van der Waals surface area contributed by atoms with E-state index < -0.39 is 11.9 Å². The maximum atomic E-state index is 10.3. The highest BCUT2D eigenvalue weighted by atomic mass is 35.5. The summed E-state index contributed by atoms with van der Waals surface area (Å²) >= 11 is 5.10. The van der Waals surface area contributed by atoms with Crippen LogP contribution >= 0.6 is 11.6 Å². The van der Waals surface area contributed by atoms with Crippen molar-refractivity contribution < 1.29 is 28.7 Å². The first-order valence-corrected chi connectivity index (χ1v) is 5.11. The quantitative estimate of drug-likeness (QED) is 0.409. The summed E-state index contributed by atoms with van der Waals surface area (Å²) in [6, 6.07) is 0. The Labute approximate surface area is 104 Å². The van der Waals surface area contributed by atoms with E-state index in [2.05, 4.69) is 9.47 Å². The lowest BCUT2D eigenvalue weighted by molar-refractivity contribution is -0.144. The average molecular weight is 267 g/mol. The largest absolute Gasteiger partial charge is 0.469 e. The zero-order valence-corrected chi connectivity index (χ0v) is 10.7. The number of ketones is 2. The standard InChI is InChI=1S/C5H7ClO3.C5H8O3/c1-9-5(8)2-4(7)3-6;1-4(6)3-5(7)8-2/h2-3H2,1H3;3H2,1-2H3. The number of ether oxygens (including phenoxy) is 2. The van der Waals surface area contributed by atoms with E-state index >= 15 is 0 Å². The number of Topliss-reactive ketones (excluding diaryl/α,β-unsaturated/α-hetero) is 2.